The first-order valence-electron chi connectivity index (χ1n) is 7.70. The van der Waals surface area contributed by atoms with Crippen molar-refractivity contribution in [2.24, 2.45) is 0 Å². The van der Waals surface area contributed by atoms with Gasteiger partial charge in [0.1, 0.15) is 0 Å². The topological polar surface area (TPSA) is 34.5 Å². The van der Waals surface area contributed by atoms with Gasteiger partial charge in [-0.05, 0) is 32.0 Å². The van der Waals surface area contributed by atoms with Gasteiger partial charge in [-0.2, -0.15) is 0 Å². The smallest absolute Gasteiger partial charge is 0.189 e. The Labute approximate surface area is 138 Å². The van der Waals surface area contributed by atoms with Crippen LogP contribution in [0.4, 0.5) is 0 Å². The fourth-order valence-corrected chi connectivity index (χ4v) is 3.43. The highest BCUT2D eigenvalue weighted by Crippen LogP contribution is 2.23. The van der Waals surface area contributed by atoms with Gasteiger partial charge >= 0.3 is 0 Å². The van der Waals surface area contributed by atoms with E-state index in [9.17, 15) is 4.79 Å². The molecule has 4 nitrogen and oxygen atoms in total. The molecule has 3 rings (SSSR count). The van der Waals surface area contributed by atoms with Gasteiger partial charge in [0, 0.05) is 47.3 Å². The minimum absolute atomic E-state index is 0.0997. The molecule has 0 atom stereocenters. The molecule has 1 aromatic carbocycles. The molecular weight excluding hydrogens is 344 g/mol. The molecule has 1 aliphatic rings. The standard InChI is InChI=1S/C17H21BrN2O2/c1-12(2)20-14(11-19-5-7-22-8-6-19)10-17(21)15-4-3-13(18)9-16(15)20/h3-4,9-10,12H,5-8,11H2,1-2H3. The molecular formula is C17H21BrN2O2. The average Bonchev–Trinajstić information content (AvgIpc) is 2.47. The first-order chi connectivity index (χ1) is 10.6. The van der Waals surface area contributed by atoms with E-state index >= 15 is 0 Å². The Balaban J connectivity index is 2.11. The summed E-state index contributed by atoms with van der Waals surface area (Å²) < 4.78 is 8.68. The number of aromatic nitrogens is 1. The second-order valence-electron chi connectivity index (χ2n) is 6.01. The molecule has 1 fully saturated rings. The predicted octanol–water partition coefficient (Wildman–Crippen LogP) is 3.18. The summed E-state index contributed by atoms with van der Waals surface area (Å²) >= 11 is 3.52. The van der Waals surface area contributed by atoms with Crippen LogP contribution in [0.2, 0.25) is 0 Å². The van der Waals surface area contributed by atoms with Crippen LogP contribution in [0.1, 0.15) is 25.6 Å². The lowest BCUT2D eigenvalue weighted by atomic mass is 10.1. The molecule has 5 heteroatoms. The van der Waals surface area contributed by atoms with E-state index in [2.05, 4.69) is 39.2 Å². The zero-order chi connectivity index (χ0) is 15.7. The Morgan fingerprint density at radius 3 is 2.64 bits per heavy atom. The predicted molar refractivity (Wildman–Crippen MR) is 92.4 cm³/mol. The molecule has 0 N–H and O–H groups in total. The van der Waals surface area contributed by atoms with Crippen molar-refractivity contribution in [2.45, 2.75) is 26.4 Å². The largest absolute Gasteiger partial charge is 0.379 e. The summed E-state index contributed by atoms with van der Waals surface area (Å²) in [6.07, 6.45) is 0. The van der Waals surface area contributed by atoms with Crippen molar-refractivity contribution in [3.05, 3.63) is 44.7 Å². The molecule has 0 spiro atoms. The Morgan fingerprint density at radius 1 is 1.23 bits per heavy atom. The molecule has 0 radical (unpaired) electrons. The highest BCUT2D eigenvalue weighted by Gasteiger charge is 2.16. The fraction of sp³-hybridized carbons (Fsp3) is 0.471. The van der Waals surface area contributed by atoms with Crippen LogP contribution in [-0.2, 0) is 11.3 Å². The summed E-state index contributed by atoms with van der Waals surface area (Å²) in [7, 11) is 0. The Hall–Kier alpha value is -1.17. The van der Waals surface area contributed by atoms with Gasteiger partial charge in [0.05, 0.1) is 18.7 Å². The van der Waals surface area contributed by atoms with Gasteiger partial charge in [-0.15, -0.1) is 0 Å². The number of halogens is 1. The van der Waals surface area contributed by atoms with Crippen molar-refractivity contribution < 1.29 is 4.74 Å². The van der Waals surface area contributed by atoms with E-state index in [1.54, 1.807) is 6.07 Å². The summed E-state index contributed by atoms with van der Waals surface area (Å²) in [5.74, 6) is 0. The van der Waals surface area contributed by atoms with E-state index in [-0.39, 0.29) is 5.43 Å². The van der Waals surface area contributed by atoms with Crippen LogP contribution < -0.4 is 5.43 Å². The van der Waals surface area contributed by atoms with E-state index in [4.69, 9.17) is 4.74 Å². The Kier molecular flexibility index (Phi) is 4.66. The zero-order valence-electron chi connectivity index (χ0n) is 13.0. The number of ether oxygens (including phenoxy) is 1. The van der Waals surface area contributed by atoms with Crippen LogP contribution >= 0.6 is 15.9 Å². The van der Waals surface area contributed by atoms with E-state index < -0.39 is 0 Å². The van der Waals surface area contributed by atoms with Gasteiger partial charge in [0.25, 0.3) is 0 Å². The fourth-order valence-electron chi connectivity index (χ4n) is 3.09. The van der Waals surface area contributed by atoms with Crippen molar-refractivity contribution in [3.8, 4) is 0 Å². The minimum Gasteiger partial charge on any atom is -0.379 e. The molecule has 0 saturated carbocycles. The second kappa shape index (κ2) is 6.52. The Bertz CT molecular complexity index is 733. The van der Waals surface area contributed by atoms with E-state index in [0.29, 0.717) is 6.04 Å². The van der Waals surface area contributed by atoms with Crippen LogP contribution in [0.5, 0.6) is 0 Å². The maximum atomic E-state index is 12.5. The van der Waals surface area contributed by atoms with E-state index in [1.165, 1.54) is 0 Å². The van der Waals surface area contributed by atoms with Gasteiger partial charge in [-0.3, -0.25) is 9.69 Å². The SMILES string of the molecule is CC(C)n1c(CN2CCOCC2)cc(=O)c2ccc(Br)cc21. The first-order valence-corrected chi connectivity index (χ1v) is 8.49. The molecule has 0 amide bonds. The molecule has 118 valence electrons. The lowest BCUT2D eigenvalue weighted by Crippen LogP contribution is -2.37. The third-order valence-corrected chi connectivity index (χ3v) is 4.59. The number of benzene rings is 1. The third kappa shape index (κ3) is 3.12. The number of nitrogens with zero attached hydrogens (tertiary/aromatic N) is 2. The Morgan fingerprint density at radius 2 is 1.95 bits per heavy atom. The van der Waals surface area contributed by atoms with Crippen molar-refractivity contribution >= 4 is 26.8 Å². The summed E-state index contributed by atoms with van der Waals surface area (Å²) in [4.78, 5) is 14.8. The van der Waals surface area contributed by atoms with Crippen molar-refractivity contribution in [2.75, 3.05) is 26.3 Å². The summed E-state index contributed by atoms with van der Waals surface area (Å²) in [5.41, 5.74) is 2.18. The summed E-state index contributed by atoms with van der Waals surface area (Å²) in [6, 6.07) is 7.97. The number of hydrogen-bond donors (Lipinski definition) is 0. The van der Waals surface area contributed by atoms with Gasteiger partial charge in [-0.25, -0.2) is 0 Å². The molecule has 1 saturated heterocycles. The normalized spacial score (nSPS) is 16.5. The molecule has 1 aliphatic heterocycles. The molecule has 2 aromatic rings. The van der Waals surface area contributed by atoms with Crippen LogP contribution in [0.15, 0.2) is 33.5 Å². The zero-order valence-corrected chi connectivity index (χ0v) is 14.6. The van der Waals surface area contributed by atoms with E-state index in [1.807, 2.05) is 18.2 Å². The molecule has 0 aliphatic carbocycles. The lowest BCUT2D eigenvalue weighted by molar-refractivity contribution is 0.0330. The minimum atomic E-state index is 0.0997. The van der Waals surface area contributed by atoms with Crippen molar-refractivity contribution in [3.63, 3.8) is 0 Å². The summed E-state index contributed by atoms with van der Waals surface area (Å²) in [6.45, 7) is 8.49. The van der Waals surface area contributed by atoms with Crippen molar-refractivity contribution in [1.29, 1.82) is 0 Å². The van der Waals surface area contributed by atoms with Crippen LogP contribution in [0, 0.1) is 0 Å². The maximum absolute atomic E-state index is 12.5. The monoisotopic (exact) mass is 364 g/mol. The number of rotatable bonds is 3. The van der Waals surface area contributed by atoms with Gasteiger partial charge in [0.2, 0.25) is 0 Å². The highest BCUT2D eigenvalue weighted by molar-refractivity contribution is 9.10. The third-order valence-electron chi connectivity index (χ3n) is 4.10. The maximum Gasteiger partial charge on any atom is 0.189 e. The molecule has 22 heavy (non-hydrogen) atoms. The second-order valence-corrected chi connectivity index (χ2v) is 6.93. The number of pyridine rings is 1. The van der Waals surface area contributed by atoms with Gasteiger partial charge in [-0.1, -0.05) is 15.9 Å². The van der Waals surface area contributed by atoms with Gasteiger partial charge < -0.3 is 9.30 Å². The first kappa shape index (κ1) is 15.7. The summed E-state index contributed by atoms with van der Waals surface area (Å²) in [5, 5.41) is 0.780. The number of hydrogen-bond acceptors (Lipinski definition) is 3. The van der Waals surface area contributed by atoms with E-state index in [0.717, 1.165) is 53.9 Å². The highest BCUT2D eigenvalue weighted by atomic mass is 79.9. The number of morpholine rings is 1. The number of fused-ring (bicyclic) bond motifs is 1. The molecule has 0 bridgehead atoms. The van der Waals surface area contributed by atoms with Crippen molar-refractivity contribution in [1.82, 2.24) is 9.47 Å². The quantitative estimate of drug-likeness (QED) is 0.838. The molecule has 2 heterocycles. The average molecular weight is 365 g/mol. The molecule has 0 unspecified atom stereocenters. The van der Waals surface area contributed by atoms with Gasteiger partial charge in [0.15, 0.2) is 5.43 Å². The van der Waals surface area contributed by atoms with Crippen LogP contribution in [0.25, 0.3) is 10.9 Å². The van der Waals surface area contributed by atoms with Crippen LogP contribution in [-0.4, -0.2) is 35.8 Å². The van der Waals surface area contributed by atoms with Crippen LogP contribution in [0.3, 0.4) is 0 Å². The lowest BCUT2D eigenvalue weighted by Gasteiger charge is -2.29. The molecule has 1 aromatic heterocycles.